The van der Waals surface area contributed by atoms with Gasteiger partial charge in [-0.2, -0.15) is 0 Å². The van der Waals surface area contributed by atoms with Crippen LogP contribution >= 0.6 is 0 Å². The minimum atomic E-state index is -0.420. The Hall–Kier alpha value is -13.4. The summed E-state index contributed by atoms with van der Waals surface area (Å²) in [5.74, 6) is 0. The lowest BCUT2D eigenvalue weighted by Crippen LogP contribution is -2.61. The molecule has 5 nitrogen and oxygen atoms in total. The van der Waals surface area contributed by atoms with Crippen LogP contribution in [0.4, 0.5) is 68.2 Å². The molecule has 16 aromatic carbocycles. The van der Waals surface area contributed by atoms with E-state index in [4.69, 9.17) is 4.42 Å². The summed E-state index contributed by atoms with van der Waals surface area (Å²) in [6.07, 6.45) is 0. The second kappa shape index (κ2) is 30.4. The van der Waals surface area contributed by atoms with E-state index in [2.05, 4.69) is 487 Å². The van der Waals surface area contributed by atoms with Crippen LogP contribution < -0.4 is 36.0 Å². The minimum absolute atomic E-state index is 0.0651. The van der Waals surface area contributed by atoms with Crippen LogP contribution in [0.15, 0.2) is 368 Å². The Morgan fingerprint density at radius 2 is 0.533 bits per heavy atom. The highest BCUT2D eigenvalue weighted by Gasteiger charge is 2.47. The molecule has 0 atom stereocenters. The Labute approximate surface area is 722 Å². The molecule has 598 valence electrons. The second-order valence-corrected chi connectivity index (χ2v) is 38.6. The lowest BCUT2D eigenvalue weighted by atomic mass is 9.33. The predicted molar refractivity (Wildman–Crippen MR) is 523 cm³/mol. The molecule has 122 heavy (non-hydrogen) atoms. The largest absolute Gasteiger partial charge is 0.455 e. The van der Waals surface area contributed by atoms with Gasteiger partial charge in [-0.05, 0) is 225 Å². The fraction of sp³-hybridized carbons (Fsp3) is 0.172. The number of hydrogen-bond donors (Lipinski definition) is 0. The highest BCUT2D eigenvalue weighted by molar-refractivity contribution is 7.00. The number of anilines is 12. The molecule has 0 unspecified atom stereocenters. The molecule has 0 amide bonds. The van der Waals surface area contributed by atoms with Crippen molar-refractivity contribution in [2.75, 3.05) is 19.6 Å². The third-order valence-electron chi connectivity index (χ3n) is 25.2. The molecule has 0 saturated carbocycles. The van der Waals surface area contributed by atoms with E-state index in [1.807, 2.05) is 0 Å². The van der Waals surface area contributed by atoms with Crippen LogP contribution in [0.5, 0.6) is 0 Å². The first kappa shape index (κ1) is 78.4. The molecule has 0 fully saturated rings. The minimum Gasteiger partial charge on any atom is -0.455 e. The number of hydrogen-bond acceptors (Lipinski definition) is 5. The number of para-hydroxylation sites is 2. The van der Waals surface area contributed by atoms with Gasteiger partial charge in [0.15, 0.2) is 0 Å². The van der Waals surface area contributed by atoms with E-state index in [1.165, 1.54) is 44.2 Å². The van der Waals surface area contributed by atoms with E-state index in [0.29, 0.717) is 0 Å². The molecule has 0 bridgehead atoms. The molecule has 0 radical (unpaired) electrons. The van der Waals surface area contributed by atoms with E-state index in [1.54, 1.807) is 0 Å². The highest BCUT2D eigenvalue weighted by atomic mass is 16.3. The fourth-order valence-corrected chi connectivity index (χ4v) is 18.5. The van der Waals surface area contributed by atoms with Crippen molar-refractivity contribution in [3.05, 3.63) is 392 Å². The molecule has 0 N–H and O–H groups in total. The van der Waals surface area contributed by atoms with E-state index >= 15 is 0 Å². The van der Waals surface area contributed by atoms with Crippen molar-refractivity contribution in [2.24, 2.45) is 0 Å². The van der Waals surface area contributed by atoms with Gasteiger partial charge in [-0.15, -0.1) is 0 Å². The van der Waals surface area contributed by atoms with E-state index in [-0.39, 0.29) is 28.4 Å². The average Bonchev–Trinajstić information content (AvgIpc) is 0.739. The van der Waals surface area contributed by atoms with Crippen molar-refractivity contribution < 1.29 is 4.42 Å². The maximum Gasteiger partial charge on any atom is 0.252 e. The molecule has 17 aromatic rings. The van der Waals surface area contributed by atoms with Crippen molar-refractivity contribution in [3.8, 4) is 66.8 Å². The van der Waals surface area contributed by atoms with Gasteiger partial charge in [0, 0.05) is 95.5 Å². The number of fused-ring (bicyclic) bond motifs is 7. The lowest BCUT2D eigenvalue weighted by Gasteiger charge is -2.47. The van der Waals surface area contributed by atoms with Crippen LogP contribution in [0.3, 0.4) is 0 Å². The first-order valence-electron chi connectivity index (χ1n) is 43.3. The summed E-state index contributed by atoms with van der Waals surface area (Å²) in [4.78, 5) is 10.4. The smallest absolute Gasteiger partial charge is 0.252 e. The summed E-state index contributed by atoms with van der Waals surface area (Å²) in [5, 5.41) is 2.14. The number of rotatable bonds is 14. The van der Waals surface area contributed by atoms with Gasteiger partial charge >= 0.3 is 0 Å². The van der Waals surface area contributed by atoms with Crippen LogP contribution in [0.2, 0.25) is 0 Å². The summed E-state index contributed by atoms with van der Waals surface area (Å²) in [7, 11) is 0. The van der Waals surface area contributed by atoms with Gasteiger partial charge < -0.3 is 24.0 Å². The van der Waals surface area contributed by atoms with Crippen LogP contribution in [-0.4, -0.2) is 6.71 Å². The lowest BCUT2D eigenvalue weighted by molar-refractivity contribution is 0.590. The Balaban J connectivity index is 0.995. The van der Waals surface area contributed by atoms with Gasteiger partial charge in [0.2, 0.25) is 0 Å². The molecular weight excluding hydrogens is 1480 g/mol. The molecule has 0 spiro atoms. The van der Waals surface area contributed by atoms with Crippen LogP contribution in [0, 0.1) is 0 Å². The molecule has 6 heteroatoms. The molecular formula is C116H105BN4O. The predicted octanol–water partition coefficient (Wildman–Crippen LogP) is 31.1. The molecule has 0 aliphatic carbocycles. The van der Waals surface area contributed by atoms with Crippen molar-refractivity contribution in [1.29, 1.82) is 0 Å². The number of nitrogens with zero attached hydrogens (tertiary/aromatic N) is 4. The SMILES string of the molecule is CC(C)(C)c1ccc(N(c2ccc(C(C)(C)C)cc2)c2ccc3c(c2)N(c2c(-c4ccccc4)cc(-c4ccccc4)cc2-c2ccccc2)c2cc(C(C)(C)C)cc4c2B3c2ccc(N(c3ccc(C(C)(C)C)cc3)c3ccc(C(C)(C)C)cc3)cc2N4c2c(-c3ccccc3)cc(-c3ccccc3)cc2-c2cccc3c2oc2ccccc23)cc1. The second-order valence-electron chi connectivity index (χ2n) is 38.6. The van der Waals surface area contributed by atoms with Crippen LogP contribution in [-0.2, 0) is 27.1 Å². The maximum absolute atomic E-state index is 7.36. The zero-order valence-electron chi connectivity index (χ0n) is 72.9. The van der Waals surface area contributed by atoms with E-state index in [0.717, 1.165) is 157 Å². The summed E-state index contributed by atoms with van der Waals surface area (Å²) in [6, 6.07) is 138. The van der Waals surface area contributed by atoms with Gasteiger partial charge in [0.25, 0.3) is 6.71 Å². The van der Waals surface area contributed by atoms with Gasteiger partial charge in [0.05, 0.1) is 11.4 Å². The Morgan fingerprint density at radius 3 is 0.885 bits per heavy atom. The first-order chi connectivity index (χ1) is 58.7. The molecule has 3 heterocycles. The molecule has 2 aliphatic heterocycles. The van der Waals surface area contributed by atoms with E-state index < -0.39 is 5.41 Å². The summed E-state index contributed by atoms with van der Waals surface area (Å²) >= 11 is 0. The third kappa shape index (κ3) is 14.4. The number of benzene rings is 16. The van der Waals surface area contributed by atoms with Gasteiger partial charge in [-0.1, -0.05) is 353 Å². The Kier molecular flexibility index (Phi) is 19.5. The normalized spacial score (nSPS) is 12.8. The van der Waals surface area contributed by atoms with Gasteiger partial charge in [-0.25, -0.2) is 0 Å². The van der Waals surface area contributed by atoms with Crippen molar-refractivity contribution in [2.45, 2.75) is 131 Å². The van der Waals surface area contributed by atoms with Crippen LogP contribution in [0.25, 0.3) is 88.7 Å². The molecule has 19 rings (SSSR count). The van der Waals surface area contributed by atoms with Crippen molar-refractivity contribution in [1.82, 2.24) is 0 Å². The summed E-state index contributed by atoms with van der Waals surface area (Å²) < 4.78 is 7.36. The Bertz CT molecular complexity index is 6600. The highest BCUT2D eigenvalue weighted by Crippen LogP contribution is 2.58. The quantitative estimate of drug-likeness (QED) is 0.101. The average molecular weight is 1580 g/mol. The molecule has 1 aromatic heterocycles. The first-order valence-corrected chi connectivity index (χ1v) is 43.3. The topological polar surface area (TPSA) is 26.1 Å². The zero-order chi connectivity index (χ0) is 84.3. The third-order valence-corrected chi connectivity index (χ3v) is 25.2. The van der Waals surface area contributed by atoms with Gasteiger partial charge in [0.1, 0.15) is 11.2 Å². The Morgan fingerprint density at radius 1 is 0.230 bits per heavy atom. The van der Waals surface area contributed by atoms with Crippen molar-refractivity contribution >= 4 is 113 Å². The number of furan rings is 1. The van der Waals surface area contributed by atoms with E-state index in [9.17, 15) is 0 Å². The van der Waals surface area contributed by atoms with Crippen molar-refractivity contribution in [3.63, 3.8) is 0 Å². The zero-order valence-corrected chi connectivity index (χ0v) is 72.9. The molecule has 0 saturated heterocycles. The summed E-state index contributed by atoms with van der Waals surface area (Å²) in [6.45, 7) is 34.5. The standard InChI is InChI=1S/C116H105BN4O/c1-112(2,3)83-48-56-88(57-49-83)118(89-58-50-84(51-59-89)113(4,5)6)92-64-66-101-103(74-92)120(109-97(78-38-25-18-26-39-78)68-81(76-34-21-16-22-35-76)69-98(109)79-40-27-19-28-41-79)105-72-87(116(13,14)15)73-106-108(105)117(101)102-67-65-93(119(90-60-52-85(53-61-90)114(7,8)9)91-62-54-86(55-63-91)115(10,11)12)75-104(102)121(106)110-99(80-42-29-20-30-43-80)70-82(77-36-23-17-24-37-77)71-100(110)96-46-33-45-95-94-44-31-32-47-107(94)122-111(95)96/h16-75H,1-15H3. The monoisotopic (exact) mass is 1580 g/mol. The van der Waals surface area contributed by atoms with Gasteiger partial charge in [-0.3, -0.25) is 0 Å². The summed E-state index contributed by atoms with van der Waals surface area (Å²) in [5.41, 5.74) is 36.7. The fourth-order valence-electron chi connectivity index (χ4n) is 18.5. The van der Waals surface area contributed by atoms with Crippen LogP contribution in [0.1, 0.15) is 132 Å². The molecule has 2 aliphatic rings. The maximum atomic E-state index is 7.36.